The van der Waals surface area contributed by atoms with Gasteiger partial charge in [-0.2, -0.15) is 13.2 Å². The third-order valence-electron chi connectivity index (χ3n) is 3.86. The number of benzene rings is 1. The fraction of sp³-hybridized carbons (Fsp3) is 0.600. The monoisotopic (exact) mass is 381 g/mol. The Bertz CT molecular complexity index is 661. The standard InChI is InChI=1S/C15H22F3N3O3S/c1-2-24-12-4-3-5-13(10-12)25(22,23)20-11-14(15(16,17)18)21-8-6-19-7-9-21/h3-5,10,14,19-20H,2,6-9,11H2,1H3. The molecule has 1 aliphatic rings. The molecule has 10 heteroatoms. The summed E-state index contributed by atoms with van der Waals surface area (Å²) in [5.74, 6) is 0.347. The van der Waals surface area contributed by atoms with Crippen LogP contribution in [0.4, 0.5) is 13.2 Å². The Hall–Kier alpha value is -1.36. The number of sulfonamides is 1. The predicted octanol–water partition coefficient (Wildman–Crippen LogP) is 1.20. The number of hydrogen-bond donors (Lipinski definition) is 2. The van der Waals surface area contributed by atoms with Gasteiger partial charge in [-0.3, -0.25) is 4.90 Å². The van der Waals surface area contributed by atoms with Crippen molar-refractivity contribution >= 4 is 10.0 Å². The highest BCUT2D eigenvalue weighted by molar-refractivity contribution is 7.89. The van der Waals surface area contributed by atoms with E-state index >= 15 is 0 Å². The lowest BCUT2D eigenvalue weighted by Gasteiger charge is -2.35. The molecular formula is C15H22F3N3O3S. The Morgan fingerprint density at radius 2 is 2.00 bits per heavy atom. The van der Waals surface area contributed by atoms with Crippen LogP contribution in [0.3, 0.4) is 0 Å². The van der Waals surface area contributed by atoms with Crippen LogP contribution in [-0.2, 0) is 10.0 Å². The lowest BCUT2D eigenvalue weighted by molar-refractivity contribution is -0.182. The van der Waals surface area contributed by atoms with Gasteiger partial charge in [-0.05, 0) is 19.1 Å². The fourth-order valence-corrected chi connectivity index (χ4v) is 3.69. The Morgan fingerprint density at radius 3 is 2.60 bits per heavy atom. The van der Waals surface area contributed by atoms with Crippen LogP contribution in [0.15, 0.2) is 29.2 Å². The third-order valence-corrected chi connectivity index (χ3v) is 5.28. The van der Waals surface area contributed by atoms with Crippen molar-refractivity contribution in [3.05, 3.63) is 24.3 Å². The molecule has 1 aromatic rings. The number of nitrogens with one attached hydrogen (secondary N) is 2. The van der Waals surface area contributed by atoms with E-state index in [1.54, 1.807) is 13.0 Å². The Balaban J connectivity index is 2.11. The maximum Gasteiger partial charge on any atom is 0.405 e. The van der Waals surface area contributed by atoms with E-state index in [0.717, 1.165) is 0 Å². The molecule has 0 amide bonds. The summed E-state index contributed by atoms with van der Waals surface area (Å²) in [5, 5.41) is 2.98. The van der Waals surface area contributed by atoms with Crippen LogP contribution in [0, 0.1) is 0 Å². The van der Waals surface area contributed by atoms with Gasteiger partial charge < -0.3 is 10.1 Å². The maximum absolute atomic E-state index is 13.3. The highest BCUT2D eigenvalue weighted by atomic mass is 32.2. The SMILES string of the molecule is CCOc1cccc(S(=O)(=O)NCC(N2CCNCC2)C(F)(F)F)c1. The average Bonchev–Trinajstić information content (AvgIpc) is 2.55. The maximum atomic E-state index is 13.3. The first kappa shape index (κ1) is 20.0. The van der Waals surface area contributed by atoms with Gasteiger partial charge in [0.1, 0.15) is 11.8 Å². The van der Waals surface area contributed by atoms with Gasteiger partial charge in [0.25, 0.3) is 0 Å². The van der Waals surface area contributed by atoms with Gasteiger partial charge in [0.15, 0.2) is 0 Å². The molecule has 0 aromatic heterocycles. The van der Waals surface area contributed by atoms with Gasteiger partial charge >= 0.3 is 6.18 Å². The number of alkyl halides is 3. The fourth-order valence-electron chi connectivity index (χ4n) is 2.62. The number of rotatable bonds is 7. The normalized spacial score (nSPS) is 18.1. The average molecular weight is 381 g/mol. The summed E-state index contributed by atoms with van der Waals surface area (Å²) in [6, 6.07) is 3.82. The minimum Gasteiger partial charge on any atom is -0.494 e. The van der Waals surface area contributed by atoms with Crippen LogP contribution in [-0.4, -0.2) is 64.9 Å². The summed E-state index contributed by atoms with van der Waals surface area (Å²) >= 11 is 0. The van der Waals surface area contributed by atoms with E-state index in [0.29, 0.717) is 25.4 Å². The minimum absolute atomic E-state index is 0.125. The summed E-state index contributed by atoms with van der Waals surface area (Å²) in [6.07, 6.45) is -4.52. The number of hydrogen-bond acceptors (Lipinski definition) is 5. The molecule has 1 heterocycles. The predicted molar refractivity (Wildman–Crippen MR) is 87.1 cm³/mol. The van der Waals surface area contributed by atoms with Crippen LogP contribution < -0.4 is 14.8 Å². The highest BCUT2D eigenvalue weighted by Gasteiger charge is 2.44. The molecule has 0 bridgehead atoms. The molecule has 1 aliphatic heterocycles. The van der Waals surface area contributed by atoms with Crippen LogP contribution in [0.1, 0.15) is 6.92 Å². The van der Waals surface area contributed by atoms with Crippen LogP contribution in [0.5, 0.6) is 5.75 Å². The molecule has 1 fully saturated rings. The molecule has 0 aliphatic carbocycles. The zero-order valence-electron chi connectivity index (χ0n) is 13.8. The molecular weight excluding hydrogens is 359 g/mol. The van der Waals surface area contributed by atoms with Gasteiger partial charge in [-0.1, -0.05) is 6.07 Å². The molecule has 2 rings (SSSR count). The second-order valence-electron chi connectivity index (χ2n) is 5.60. The van der Waals surface area contributed by atoms with Crippen molar-refractivity contribution in [2.75, 3.05) is 39.3 Å². The molecule has 142 valence electrons. The molecule has 1 aromatic carbocycles. The topological polar surface area (TPSA) is 70.7 Å². The summed E-state index contributed by atoms with van der Waals surface area (Å²) in [6.45, 7) is 2.69. The van der Waals surface area contributed by atoms with E-state index in [4.69, 9.17) is 4.74 Å². The highest BCUT2D eigenvalue weighted by Crippen LogP contribution is 2.25. The van der Waals surface area contributed by atoms with E-state index in [1.165, 1.54) is 23.1 Å². The molecule has 1 atom stereocenters. The van der Waals surface area contributed by atoms with Crippen molar-refractivity contribution in [3.63, 3.8) is 0 Å². The molecule has 6 nitrogen and oxygen atoms in total. The lowest BCUT2D eigenvalue weighted by Crippen LogP contribution is -2.57. The van der Waals surface area contributed by atoms with E-state index in [2.05, 4.69) is 10.0 Å². The van der Waals surface area contributed by atoms with E-state index < -0.39 is 28.8 Å². The van der Waals surface area contributed by atoms with Crippen LogP contribution >= 0.6 is 0 Å². The summed E-state index contributed by atoms with van der Waals surface area (Å²) in [7, 11) is -4.07. The molecule has 1 saturated heterocycles. The summed E-state index contributed by atoms with van der Waals surface area (Å²) in [4.78, 5) is 1.12. The minimum atomic E-state index is -4.52. The van der Waals surface area contributed by atoms with Gasteiger partial charge in [-0.25, -0.2) is 13.1 Å². The first-order valence-corrected chi connectivity index (χ1v) is 9.46. The van der Waals surface area contributed by atoms with Gasteiger partial charge in [-0.15, -0.1) is 0 Å². The Kier molecular flexibility index (Phi) is 6.66. The molecule has 0 spiro atoms. The Labute approximate surface area is 145 Å². The van der Waals surface area contributed by atoms with Crippen molar-refractivity contribution < 1.29 is 26.3 Å². The summed E-state index contributed by atoms with van der Waals surface area (Å²) in [5.41, 5.74) is 0. The quantitative estimate of drug-likeness (QED) is 0.743. The van der Waals surface area contributed by atoms with E-state index in [9.17, 15) is 21.6 Å². The lowest BCUT2D eigenvalue weighted by atomic mass is 10.2. The van der Waals surface area contributed by atoms with Crippen molar-refractivity contribution in [2.24, 2.45) is 0 Å². The van der Waals surface area contributed by atoms with Gasteiger partial charge in [0.2, 0.25) is 10.0 Å². The van der Waals surface area contributed by atoms with Crippen molar-refractivity contribution in [1.82, 2.24) is 14.9 Å². The van der Waals surface area contributed by atoms with E-state index in [1.807, 2.05) is 0 Å². The zero-order chi connectivity index (χ0) is 18.5. The van der Waals surface area contributed by atoms with Crippen molar-refractivity contribution in [3.8, 4) is 5.75 Å². The van der Waals surface area contributed by atoms with Gasteiger partial charge in [0.05, 0.1) is 11.5 Å². The third kappa shape index (κ3) is 5.56. The van der Waals surface area contributed by atoms with Crippen LogP contribution in [0.25, 0.3) is 0 Å². The van der Waals surface area contributed by atoms with E-state index in [-0.39, 0.29) is 18.0 Å². The van der Waals surface area contributed by atoms with Crippen molar-refractivity contribution in [2.45, 2.75) is 24.0 Å². The second kappa shape index (κ2) is 8.35. The zero-order valence-corrected chi connectivity index (χ0v) is 14.7. The number of piperazine rings is 1. The first-order valence-electron chi connectivity index (χ1n) is 7.98. The molecule has 2 N–H and O–H groups in total. The molecule has 25 heavy (non-hydrogen) atoms. The largest absolute Gasteiger partial charge is 0.494 e. The smallest absolute Gasteiger partial charge is 0.405 e. The second-order valence-corrected chi connectivity index (χ2v) is 7.37. The molecule has 0 saturated carbocycles. The number of halogens is 3. The van der Waals surface area contributed by atoms with Crippen LogP contribution in [0.2, 0.25) is 0 Å². The Morgan fingerprint density at radius 1 is 1.32 bits per heavy atom. The number of ether oxygens (including phenoxy) is 1. The molecule has 0 radical (unpaired) electrons. The molecule has 1 unspecified atom stereocenters. The van der Waals surface area contributed by atoms with Gasteiger partial charge in [0, 0.05) is 38.8 Å². The van der Waals surface area contributed by atoms with Crippen molar-refractivity contribution in [1.29, 1.82) is 0 Å². The number of nitrogens with zero attached hydrogens (tertiary/aromatic N) is 1. The first-order chi connectivity index (χ1) is 11.7. The summed E-state index contributed by atoms with van der Waals surface area (Å²) < 4.78 is 72.0.